The zero-order valence-electron chi connectivity index (χ0n) is 14.8. The van der Waals surface area contributed by atoms with Crippen LogP contribution in [0.4, 0.5) is 5.69 Å². The molecule has 1 aromatic heterocycles. The fourth-order valence-electron chi connectivity index (χ4n) is 2.48. The molecule has 27 heavy (non-hydrogen) atoms. The van der Waals surface area contributed by atoms with E-state index in [1.165, 1.54) is 11.8 Å². The Labute approximate surface area is 172 Å². The van der Waals surface area contributed by atoms with Crippen molar-refractivity contribution in [2.24, 2.45) is 0 Å². The Kier molecular flexibility index (Phi) is 6.42. The summed E-state index contributed by atoms with van der Waals surface area (Å²) in [4.78, 5) is 12.5. The monoisotopic (exact) mass is 420 g/mol. The first-order valence-electron chi connectivity index (χ1n) is 8.40. The highest BCUT2D eigenvalue weighted by Gasteiger charge is 2.21. The third-order valence-corrected chi connectivity index (χ3v) is 5.58. The molecule has 5 nitrogen and oxygen atoms in total. The molecule has 0 aliphatic carbocycles. The fourth-order valence-corrected chi connectivity index (χ4v) is 3.70. The molecule has 0 saturated carbocycles. The number of para-hydroxylation sites is 1. The van der Waals surface area contributed by atoms with Crippen LogP contribution in [-0.4, -0.2) is 25.9 Å². The molecular formula is C19H18Cl2N4OS. The summed E-state index contributed by atoms with van der Waals surface area (Å²) in [6, 6.07) is 14.6. The molecule has 1 atom stereocenters. The number of rotatable bonds is 6. The van der Waals surface area contributed by atoms with E-state index in [-0.39, 0.29) is 11.2 Å². The molecule has 1 amide bonds. The van der Waals surface area contributed by atoms with E-state index in [0.717, 1.165) is 11.4 Å². The Balaban J connectivity index is 1.76. The number of hydrogen-bond donors (Lipinski definition) is 1. The van der Waals surface area contributed by atoms with Gasteiger partial charge in [-0.15, -0.1) is 10.2 Å². The number of thioether (sulfide) groups is 1. The van der Waals surface area contributed by atoms with Crippen molar-refractivity contribution >= 4 is 46.6 Å². The second-order valence-corrected chi connectivity index (χ2v) is 7.94. The van der Waals surface area contributed by atoms with E-state index in [1.807, 2.05) is 54.8 Å². The lowest BCUT2D eigenvalue weighted by molar-refractivity contribution is -0.115. The van der Waals surface area contributed by atoms with Crippen molar-refractivity contribution in [2.75, 3.05) is 5.32 Å². The van der Waals surface area contributed by atoms with Gasteiger partial charge < -0.3 is 9.88 Å². The van der Waals surface area contributed by atoms with Gasteiger partial charge in [0, 0.05) is 17.1 Å². The number of benzene rings is 2. The Morgan fingerprint density at radius 2 is 1.85 bits per heavy atom. The van der Waals surface area contributed by atoms with Crippen LogP contribution in [0.5, 0.6) is 0 Å². The summed E-state index contributed by atoms with van der Waals surface area (Å²) >= 11 is 13.4. The summed E-state index contributed by atoms with van der Waals surface area (Å²) < 4.78 is 1.98. The molecule has 0 radical (unpaired) electrons. The van der Waals surface area contributed by atoms with Gasteiger partial charge in [-0.2, -0.15) is 0 Å². The summed E-state index contributed by atoms with van der Waals surface area (Å²) in [5, 5.41) is 12.9. The third kappa shape index (κ3) is 4.64. The lowest BCUT2D eigenvalue weighted by Gasteiger charge is -2.13. The number of carbonyl (C=O) groups is 1. The molecule has 0 fully saturated rings. The molecule has 0 aliphatic rings. The summed E-state index contributed by atoms with van der Waals surface area (Å²) in [5.74, 6) is 0.599. The van der Waals surface area contributed by atoms with Crippen LogP contribution in [-0.2, 0) is 11.3 Å². The van der Waals surface area contributed by atoms with Crippen LogP contribution in [0.2, 0.25) is 10.0 Å². The van der Waals surface area contributed by atoms with Gasteiger partial charge in [-0.3, -0.25) is 4.79 Å². The summed E-state index contributed by atoms with van der Waals surface area (Å²) in [6.07, 6.45) is 0. The minimum Gasteiger partial charge on any atom is -0.324 e. The van der Waals surface area contributed by atoms with Crippen molar-refractivity contribution in [3.8, 4) is 11.4 Å². The average molecular weight is 421 g/mol. The number of amides is 1. The van der Waals surface area contributed by atoms with Gasteiger partial charge in [0.15, 0.2) is 11.0 Å². The van der Waals surface area contributed by atoms with Crippen molar-refractivity contribution in [1.82, 2.24) is 14.8 Å². The van der Waals surface area contributed by atoms with Crippen LogP contribution in [0, 0.1) is 0 Å². The lowest BCUT2D eigenvalue weighted by atomic mass is 10.2. The molecule has 3 rings (SSSR count). The zero-order valence-corrected chi connectivity index (χ0v) is 17.1. The van der Waals surface area contributed by atoms with Crippen LogP contribution >= 0.6 is 35.0 Å². The largest absolute Gasteiger partial charge is 0.324 e. The molecule has 0 aliphatic heterocycles. The van der Waals surface area contributed by atoms with Crippen molar-refractivity contribution in [2.45, 2.75) is 30.8 Å². The van der Waals surface area contributed by atoms with Gasteiger partial charge in [0.2, 0.25) is 5.91 Å². The fraction of sp³-hybridized carbons (Fsp3) is 0.211. The normalized spacial score (nSPS) is 12.0. The molecule has 1 N–H and O–H groups in total. The number of halogens is 2. The first-order chi connectivity index (χ1) is 13.0. The summed E-state index contributed by atoms with van der Waals surface area (Å²) in [5.41, 5.74) is 1.52. The standard InChI is InChI=1S/C19H18Cl2N4OS/c1-3-25-17(13-8-10-14(20)11-9-13)23-24-19(25)27-12(2)18(26)22-16-7-5-4-6-15(16)21/h4-12H,3H2,1-2H3,(H,22,26). The van der Waals surface area contributed by atoms with E-state index < -0.39 is 0 Å². The van der Waals surface area contributed by atoms with E-state index in [0.29, 0.717) is 27.4 Å². The Morgan fingerprint density at radius 1 is 1.15 bits per heavy atom. The second kappa shape index (κ2) is 8.78. The number of nitrogens with one attached hydrogen (secondary N) is 1. The van der Waals surface area contributed by atoms with Gasteiger partial charge in [-0.05, 0) is 50.2 Å². The van der Waals surface area contributed by atoms with Gasteiger partial charge in [-0.25, -0.2) is 0 Å². The van der Waals surface area contributed by atoms with Gasteiger partial charge >= 0.3 is 0 Å². The SMILES string of the molecule is CCn1c(SC(C)C(=O)Nc2ccccc2Cl)nnc1-c1ccc(Cl)cc1. The minimum absolute atomic E-state index is 0.146. The first-order valence-corrected chi connectivity index (χ1v) is 10.0. The van der Waals surface area contributed by atoms with Crippen LogP contribution in [0.25, 0.3) is 11.4 Å². The maximum Gasteiger partial charge on any atom is 0.237 e. The molecular weight excluding hydrogens is 403 g/mol. The quantitative estimate of drug-likeness (QED) is 0.542. The predicted octanol–water partition coefficient (Wildman–Crippen LogP) is 5.39. The topological polar surface area (TPSA) is 59.8 Å². The van der Waals surface area contributed by atoms with Crippen molar-refractivity contribution in [3.05, 3.63) is 58.6 Å². The van der Waals surface area contributed by atoms with Crippen molar-refractivity contribution < 1.29 is 4.79 Å². The summed E-state index contributed by atoms with van der Waals surface area (Å²) in [6.45, 7) is 4.53. The highest BCUT2D eigenvalue weighted by Crippen LogP contribution is 2.28. The number of aromatic nitrogens is 3. The second-order valence-electron chi connectivity index (χ2n) is 5.79. The number of nitrogens with zero attached hydrogens (tertiary/aromatic N) is 3. The Bertz CT molecular complexity index is 943. The maximum atomic E-state index is 12.5. The third-order valence-electron chi connectivity index (χ3n) is 3.92. The number of anilines is 1. The molecule has 140 valence electrons. The number of hydrogen-bond acceptors (Lipinski definition) is 4. The molecule has 0 saturated heterocycles. The van der Waals surface area contributed by atoms with Gasteiger partial charge in [0.1, 0.15) is 0 Å². The van der Waals surface area contributed by atoms with E-state index in [9.17, 15) is 4.79 Å². The first kappa shape index (κ1) is 19.7. The lowest BCUT2D eigenvalue weighted by Crippen LogP contribution is -2.23. The smallest absolute Gasteiger partial charge is 0.237 e. The summed E-state index contributed by atoms with van der Waals surface area (Å²) in [7, 11) is 0. The van der Waals surface area contributed by atoms with E-state index in [1.54, 1.807) is 12.1 Å². The highest BCUT2D eigenvalue weighted by molar-refractivity contribution is 8.00. The van der Waals surface area contributed by atoms with E-state index >= 15 is 0 Å². The van der Waals surface area contributed by atoms with Crippen LogP contribution in [0.1, 0.15) is 13.8 Å². The van der Waals surface area contributed by atoms with Gasteiger partial charge in [0.25, 0.3) is 0 Å². The van der Waals surface area contributed by atoms with Crippen molar-refractivity contribution in [3.63, 3.8) is 0 Å². The zero-order chi connectivity index (χ0) is 19.4. The van der Waals surface area contributed by atoms with Gasteiger partial charge in [-0.1, -0.05) is 47.1 Å². The molecule has 0 bridgehead atoms. The molecule has 0 spiro atoms. The highest BCUT2D eigenvalue weighted by atomic mass is 35.5. The minimum atomic E-state index is -0.367. The van der Waals surface area contributed by atoms with E-state index in [4.69, 9.17) is 23.2 Å². The Morgan fingerprint density at radius 3 is 2.52 bits per heavy atom. The Hall–Kier alpha value is -2.02. The molecule has 1 heterocycles. The van der Waals surface area contributed by atoms with Crippen LogP contribution in [0.3, 0.4) is 0 Å². The van der Waals surface area contributed by atoms with E-state index in [2.05, 4.69) is 15.5 Å². The van der Waals surface area contributed by atoms with Crippen LogP contribution < -0.4 is 5.32 Å². The van der Waals surface area contributed by atoms with Gasteiger partial charge in [0.05, 0.1) is 16.0 Å². The molecule has 8 heteroatoms. The number of carbonyl (C=O) groups excluding carboxylic acids is 1. The predicted molar refractivity (Wildman–Crippen MR) is 112 cm³/mol. The van der Waals surface area contributed by atoms with Crippen molar-refractivity contribution in [1.29, 1.82) is 0 Å². The molecule has 2 aromatic carbocycles. The maximum absolute atomic E-state index is 12.5. The molecule has 1 unspecified atom stereocenters. The average Bonchev–Trinajstić information content (AvgIpc) is 3.06. The molecule has 3 aromatic rings. The van der Waals surface area contributed by atoms with Crippen LogP contribution in [0.15, 0.2) is 53.7 Å².